The van der Waals surface area contributed by atoms with Gasteiger partial charge in [-0.25, -0.2) is 0 Å². The van der Waals surface area contributed by atoms with E-state index in [-0.39, 0.29) is 12.0 Å². The Morgan fingerprint density at radius 3 is 2.82 bits per heavy atom. The number of fused-ring (bicyclic) bond motifs is 1. The van der Waals surface area contributed by atoms with Gasteiger partial charge in [0, 0.05) is 13.6 Å². The topological polar surface area (TPSA) is 69.5 Å². The number of hydrogen-bond donors (Lipinski definition) is 0. The van der Waals surface area contributed by atoms with E-state index in [9.17, 15) is 4.79 Å². The fourth-order valence-electron chi connectivity index (χ4n) is 4.03. The zero-order valence-corrected chi connectivity index (χ0v) is 16.4. The zero-order chi connectivity index (χ0) is 19.3. The van der Waals surface area contributed by atoms with Crippen LogP contribution in [0.25, 0.3) is 0 Å². The Labute approximate surface area is 165 Å². The Hall–Kier alpha value is -2.57. The first kappa shape index (κ1) is 18.8. The third-order valence-corrected chi connectivity index (χ3v) is 5.64. The lowest BCUT2D eigenvalue weighted by Gasteiger charge is -2.29. The number of nitrogens with zero attached hydrogens (tertiary/aromatic N) is 4. The predicted molar refractivity (Wildman–Crippen MR) is 105 cm³/mol. The Bertz CT molecular complexity index is 800. The second-order valence-electron chi connectivity index (χ2n) is 7.84. The van der Waals surface area contributed by atoms with Crippen molar-refractivity contribution in [3.63, 3.8) is 0 Å². The highest BCUT2D eigenvalue weighted by atomic mass is 16.6. The van der Waals surface area contributed by atoms with Crippen LogP contribution in [-0.4, -0.2) is 52.1 Å². The van der Waals surface area contributed by atoms with Crippen LogP contribution in [0.1, 0.15) is 49.0 Å². The Morgan fingerprint density at radius 1 is 1.21 bits per heavy atom. The number of amides is 1. The number of hydrogen-bond acceptors (Lipinski definition) is 5. The molecule has 7 nitrogen and oxygen atoms in total. The van der Waals surface area contributed by atoms with Gasteiger partial charge in [-0.15, -0.1) is 5.10 Å². The van der Waals surface area contributed by atoms with Crippen molar-refractivity contribution in [2.75, 3.05) is 20.2 Å². The van der Waals surface area contributed by atoms with E-state index in [4.69, 9.17) is 9.47 Å². The molecule has 150 valence electrons. The summed E-state index contributed by atoms with van der Waals surface area (Å²) in [6.45, 7) is 1.68. The molecule has 1 saturated carbocycles. The van der Waals surface area contributed by atoms with Crippen molar-refractivity contribution >= 4 is 5.91 Å². The van der Waals surface area contributed by atoms with Crippen LogP contribution < -0.4 is 9.47 Å². The summed E-state index contributed by atoms with van der Waals surface area (Å²) in [5, 5.41) is 8.22. The number of para-hydroxylation sites is 2. The van der Waals surface area contributed by atoms with Gasteiger partial charge in [0.15, 0.2) is 23.3 Å². The first-order valence-electron chi connectivity index (χ1n) is 10.2. The van der Waals surface area contributed by atoms with Crippen molar-refractivity contribution in [1.29, 1.82) is 0 Å². The summed E-state index contributed by atoms with van der Waals surface area (Å²) in [6.07, 6.45) is 9.35. The number of likely N-dealkylation sites (N-methyl/N-ethyl adjacent to an activating group) is 1. The molecule has 0 spiro atoms. The molecule has 7 heteroatoms. The molecule has 1 amide bonds. The molecule has 1 fully saturated rings. The molecular weight excluding hydrogens is 356 g/mol. The minimum absolute atomic E-state index is 0.147. The maximum absolute atomic E-state index is 12.7. The lowest BCUT2D eigenvalue weighted by atomic mass is 9.87. The Balaban J connectivity index is 1.28. The largest absolute Gasteiger partial charge is 0.486 e. The molecule has 2 aliphatic rings. The normalized spacial score (nSPS) is 19.4. The molecule has 0 saturated heterocycles. The van der Waals surface area contributed by atoms with Crippen molar-refractivity contribution < 1.29 is 14.3 Å². The van der Waals surface area contributed by atoms with Gasteiger partial charge in [0.05, 0.1) is 12.7 Å². The van der Waals surface area contributed by atoms with E-state index in [1.165, 1.54) is 32.1 Å². The maximum Gasteiger partial charge on any atom is 0.275 e. The summed E-state index contributed by atoms with van der Waals surface area (Å²) < 4.78 is 13.5. The molecule has 1 atom stereocenters. The van der Waals surface area contributed by atoms with Crippen LogP contribution in [0.3, 0.4) is 0 Å². The van der Waals surface area contributed by atoms with E-state index < -0.39 is 0 Å². The van der Waals surface area contributed by atoms with E-state index in [1.54, 1.807) is 22.8 Å². The van der Waals surface area contributed by atoms with Crippen LogP contribution in [-0.2, 0) is 6.54 Å². The number of carbonyl (C=O) groups is 1. The van der Waals surface area contributed by atoms with E-state index >= 15 is 0 Å². The zero-order valence-electron chi connectivity index (χ0n) is 16.4. The quantitative estimate of drug-likeness (QED) is 0.765. The monoisotopic (exact) mass is 384 g/mol. The van der Waals surface area contributed by atoms with E-state index in [2.05, 4.69) is 10.3 Å². The van der Waals surface area contributed by atoms with Gasteiger partial charge in [0.25, 0.3) is 5.91 Å². The average molecular weight is 384 g/mol. The number of carbonyl (C=O) groups excluding carboxylic acids is 1. The van der Waals surface area contributed by atoms with Crippen LogP contribution in [0.2, 0.25) is 0 Å². The molecule has 0 bridgehead atoms. The first-order chi connectivity index (χ1) is 13.7. The van der Waals surface area contributed by atoms with Gasteiger partial charge in [0.2, 0.25) is 0 Å². The van der Waals surface area contributed by atoms with Gasteiger partial charge in [0.1, 0.15) is 6.61 Å². The van der Waals surface area contributed by atoms with Crippen molar-refractivity contribution in [3.05, 3.63) is 36.2 Å². The summed E-state index contributed by atoms with van der Waals surface area (Å²) in [7, 11) is 1.76. The lowest BCUT2D eigenvalue weighted by Crippen LogP contribution is -2.41. The fourth-order valence-corrected chi connectivity index (χ4v) is 4.03. The second kappa shape index (κ2) is 8.63. The van der Waals surface area contributed by atoms with Crippen molar-refractivity contribution in [3.8, 4) is 11.5 Å². The molecule has 2 aromatic rings. The minimum Gasteiger partial charge on any atom is -0.486 e. The van der Waals surface area contributed by atoms with Gasteiger partial charge in [-0.2, -0.15) is 0 Å². The number of aryl methyl sites for hydroxylation is 1. The van der Waals surface area contributed by atoms with Gasteiger partial charge in [-0.05, 0) is 24.5 Å². The van der Waals surface area contributed by atoms with Gasteiger partial charge in [-0.3, -0.25) is 9.48 Å². The number of benzene rings is 1. The summed E-state index contributed by atoms with van der Waals surface area (Å²) in [5.41, 5.74) is 0.378. The SMILES string of the molecule is CN(C[C@@H]1COc2ccccc2O1)C(=O)c1cn(CCC2CCCCC2)nn1. The Kier molecular flexibility index (Phi) is 5.78. The number of aromatic nitrogens is 3. The molecule has 2 heterocycles. The van der Waals surface area contributed by atoms with Crippen LogP contribution >= 0.6 is 0 Å². The first-order valence-corrected chi connectivity index (χ1v) is 10.2. The molecule has 1 aliphatic carbocycles. The molecule has 0 unspecified atom stereocenters. The summed E-state index contributed by atoms with van der Waals surface area (Å²) in [4.78, 5) is 14.3. The summed E-state index contributed by atoms with van der Waals surface area (Å²) in [6, 6.07) is 7.58. The van der Waals surface area contributed by atoms with Crippen LogP contribution in [0.5, 0.6) is 11.5 Å². The predicted octanol–water partition coefficient (Wildman–Crippen LogP) is 3.16. The summed E-state index contributed by atoms with van der Waals surface area (Å²) in [5.74, 6) is 2.10. The molecule has 4 rings (SSSR count). The van der Waals surface area contributed by atoms with Crippen LogP contribution in [0.4, 0.5) is 0 Å². The number of rotatable bonds is 6. The van der Waals surface area contributed by atoms with Crippen LogP contribution in [0, 0.1) is 5.92 Å². The van der Waals surface area contributed by atoms with Gasteiger partial charge < -0.3 is 14.4 Å². The molecule has 1 aromatic carbocycles. The highest BCUT2D eigenvalue weighted by Gasteiger charge is 2.25. The molecule has 0 radical (unpaired) electrons. The minimum atomic E-state index is -0.204. The van der Waals surface area contributed by atoms with Gasteiger partial charge >= 0.3 is 0 Å². The number of ether oxygens (including phenoxy) is 2. The van der Waals surface area contributed by atoms with Crippen molar-refractivity contribution in [2.24, 2.45) is 5.92 Å². The third kappa shape index (κ3) is 4.46. The lowest BCUT2D eigenvalue weighted by molar-refractivity contribution is 0.0517. The standard InChI is InChI=1S/C21H28N4O3/c1-24(13-17-15-27-19-9-5-6-10-20(19)28-17)21(26)18-14-25(23-22-18)12-11-16-7-3-2-4-8-16/h5-6,9-10,14,16-17H,2-4,7-8,11-13,15H2,1H3/t17-/m1/s1. The Morgan fingerprint density at radius 2 is 2.00 bits per heavy atom. The van der Waals surface area contributed by atoms with Crippen molar-refractivity contribution in [1.82, 2.24) is 19.9 Å². The summed E-state index contributed by atoms with van der Waals surface area (Å²) >= 11 is 0. The second-order valence-corrected chi connectivity index (χ2v) is 7.84. The third-order valence-electron chi connectivity index (χ3n) is 5.64. The smallest absolute Gasteiger partial charge is 0.275 e. The average Bonchev–Trinajstić information content (AvgIpc) is 3.21. The van der Waals surface area contributed by atoms with Crippen molar-refractivity contribution in [2.45, 2.75) is 51.2 Å². The maximum atomic E-state index is 12.7. The van der Waals surface area contributed by atoms with E-state index in [0.29, 0.717) is 24.6 Å². The van der Waals surface area contributed by atoms with Crippen LogP contribution in [0.15, 0.2) is 30.5 Å². The van der Waals surface area contributed by atoms with Gasteiger partial charge in [-0.1, -0.05) is 49.5 Å². The molecule has 0 N–H and O–H groups in total. The highest BCUT2D eigenvalue weighted by molar-refractivity contribution is 5.91. The molecule has 28 heavy (non-hydrogen) atoms. The van der Waals surface area contributed by atoms with E-state index in [1.807, 2.05) is 24.3 Å². The van der Waals surface area contributed by atoms with E-state index in [0.717, 1.165) is 24.6 Å². The molecule has 1 aromatic heterocycles. The molecular formula is C21H28N4O3. The highest BCUT2D eigenvalue weighted by Crippen LogP contribution is 2.31. The molecule has 1 aliphatic heterocycles. The fraction of sp³-hybridized carbons (Fsp3) is 0.571.